The molecule has 0 radical (unpaired) electrons. The molecule has 5 nitrogen and oxygen atoms in total. The first-order chi connectivity index (χ1) is 34.1. The van der Waals surface area contributed by atoms with Crippen LogP contribution in [0.4, 0.5) is 0 Å². The number of nitrogens with one attached hydrogen (secondary N) is 1. The molecule has 0 aromatic heterocycles. The van der Waals surface area contributed by atoms with Crippen LogP contribution in [0.2, 0.25) is 0 Å². The number of hydrogen-bond donors (Lipinski definition) is 4. The van der Waals surface area contributed by atoms with Gasteiger partial charge in [-0.1, -0.05) is 333 Å². The molecule has 69 heavy (non-hydrogen) atoms. The first kappa shape index (κ1) is 67.6. The Balaban J connectivity index is 3.55. The van der Waals surface area contributed by atoms with E-state index in [1.807, 2.05) is 6.08 Å². The number of allylic oxidation sites excluding steroid dienone is 5. The van der Waals surface area contributed by atoms with Crippen LogP contribution in [0.25, 0.3) is 0 Å². The minimum Gasteiger partial charge on any atom is -0.394 e. The summed E-state index contributed by atoms with van der Waals surface area (Å²) in [7, 11) is 0. The molecule has 0 heterocycles. The Morgan fingerprint density at radius 2 is 0.594 bits per heavy atom. The maximum atomic E-state index is 12.6. The van der Waals surface area contributed by atoms with Crippen molar-refractivity contribution in [1.29, 1.82) is 0 Å². The lowest BCUT2D eigenvalue weighted by molar-refractivity contribution is -0.131. The fourth-order valence-corrected chi connectivity index (χ4v) is 9.87. The van der Waals surface area contributed by atoms with Crippen molar-refractivity contribution in [3.8, 4) is 0 Å². The molecule has 3 unspecified atom stereocenters. The quantitative estimate of drug-likeness (QED) is 0.0361. The van der Waals surface area contributed by atoms with Crippen LogP contribution in [-0.4, -0.2) is 46.1 Å². The van der Waals surface area contributed by atoms with E-state index in [0.717, 1.165) is 44.9 Å². The molecule has 408 valence electrons. The van der Waals surface area contributed by atoms with Crippen molar-refractivity contribution in [1.82, 2.24) is 5.32 Å². The average Bonchev–Trinajstić information content (AvgIpc) is 3.35. The highest BCUT2D eigenvalue weighted by Gasteiger charge is 2.22. The number of unbranched alkanes of at least 4 members (excludes halogenated alkanes) is 46. The van der Waals surface area contributed by atoms with Crippen LogP contribution in [0, 0.1) is 0 Å². The van der Waals surface area contributed by atoms with Crippen LogP contribution in [-0.2, 0) is 4.79 Å². The first-order valence-electron chi connectivity index (χ1n) is 31.3. The van der Waals surface area contributed by atoms with Gasteiger partial charge in [-0.15, -0.1) is 0 Å². The summed E-state index contributed by atoms with van der Waals surface area (Å²) in [6.07, 6.45) is 78.3. The van der Waals surface area contributed by atoms with Crippen molar-refractivity contribution in [2.24, 2.45) is 0 Å². The summed E-state index contributed by atoms with van der Waals surface area (Å²) in [5.41, 5.74) is 0. The second-order valence-electron chi connectivity index (χ2n) is 21.6. The van der Waals surface area contributed by atoms with Crippen molar-refractivity contribution in [3.05, 3.63) is 36.5 Å². The van der Waals surface area contributed by atoms with E-state index in [0.29, 0.717) is 6.42 Å². The third-order valence-electron chi connectivity index (χ3n) is 14.7. The molecule has 0 spiro atoms. The highest BCUT2D eigenvalue weighted by Crippen LogP contribution is 2.18. The van der Waals surface area contributed by atoms with Gasteiger partial charge in [0.2, 0.25) is 5.91 Å². The second kappa shape index (κ2) is 59.1. The van der Waals surface area contributed by atoms with Gasteiger partial charge in [0.15, 0.2) is 0 Å². The molecule has 3 atom stereocenters. The standard InChI is InChI=1S/C64H123NO4/c1-3-5-7-9-11-13-15-17-19-21-23-25-27-29-30-31-32-33-34-35-37-39-41-43-45-47-49-51-53-55-57-59-63(68)64(69)65-61(60-66)62(67)58-56-54-52-50-48-46-44-42-40-38-36-28-26-24-22-20-18-16-14-12-10-8-6-4-2/h40,42,48,50,56,58,61-63,66-68H,3-39,41,43-47,49,51-55,57,59-60H2,1-2H3,(H,65,69)/b42-40+,50-48+,58-56+. The fraction of sp³-hybridized carbons (Fsp3) is 0.891. The van der Waals surface area contributed by atoms with Gasteiger partial charge < -0.3 is 20.6 Å². The van der Waals surface area contributed by atoms with E-state index >= 15 is 0 Å². The van der Waals surface area contributed by atoms with E-state index in [-0.39, 0.29) is 6.61 Å². The summed E-state index contributed by atoms with van der Waals surface area (Å²) >= 11 is 0. The van der Waals surface area contributed by atoms with E-state index in [1.165, 1.54) is 276 Å². The van der Waals surface area contributed by atoms with Crippen molar-refractivity contribution in [2.75, 3.05) is 6.61 Å². The van der Waals surface area contributed by atoms with E-state index in [1.54, 1.807) is 6.08 Å². The summed E-state index contributed by atoms with van der Waals surface area (Å²) in [5, 5.41) is 33.4. The Labute approximate surface area is 432 Å². The number of aliphatic hydroxyl groups excluding tert-OH is 3. The molecule has 0 fully saturated rings. The van der Waals surface area contributed by atoms with E-state index in [9.17, 15) is 20.1 Å². The van der Waals surface area contributed by atoms with Crippen LogP contribution in [0.15, 0.2) is 36.5 Å². The Morgan fingerprint density at radius 3 is 0.884 bits per heavy atom. The highest BCUT2D eigenvalue weighted by molar-refractivity contribution is 5.80. The van der Waals surface area contributed by atoms with Gasteiger partial charge >= 0.3 is 0 Å². The molecule has 5 heteroatoms. The lowest BCUT2D eigenvalue weighted by atomic mass is 10.0. The topological polar surface area (TPSA) is 89.8 Å². The number of carbonyl (C=O) groups excluding carboxylic acids is 1. The molecule has 4 N–H and O–H groups in total. The number of amides is 1. The number of carbonyl (C=O) groups is 1. The van der Waals surface area contributed by atoms with Crippen LogP contribution in [0.5, 0.6) is 0 Å². The number of aliphatic hydroxyl groups is 3. The highest BCUT2D eigenvalue weighted by atomic mass is 16.3. The monoisotopic (exact) mass is 970 g/mol. The third-order valence-corrected chi connectivity index (χ3v) is 14.7. The van der Waals surface area contributed by atoms with Crippen molar-refractivity contribution in [3.63, 3.8) is 0 Å². The molecule has 0 aliphatic rings. The second-order valence-corrected chi connectivity index (χ2v) is 21.6. The largest absolute Gasteiger partial charge is 0.394 e. The van der Waals surface area contributed by atoms with Crippen molar-refractivity contribution >= 4 is 5.91 Å². The minimum atomic E-state index is -1.11. The maximum Gasteiger partial charge on any atom is 0.249 e. The van der Waals surface area contributed by atoms with Gasteiger partial charge in [-0.2, -0.15) is 0 Å². The zero-order valence-electron chi connectivity index (χ0n) is 46.7. The third kappa shape index (κ3) is 54.2. The van der Waals surface area contributed by atoms with Crippen molar-refractivity contribution in [2.45, 2.75) is 360 Å². The van der Waals surface area contributed by atoms with Gasteiger partial charge in [0.1, 0.15) is 6.10 Å². The molecular weight excluding hydrogens is 847 g/mol. The summed E-state index contributed by atoms with van der Waals surface area (Å²) in [6.45, 7) is 4.21. The van der Waals surface area contributed by atoms with Crippen LogP contribution < -0.4 is 5.32 Å². The molecule has 0 bridgehead atoms. The van der Waals surface area contributed by atoms with Gasteiger partial charge in [0.05, 0.1) is 18.8 Å². The average molecular weight is 971 g/mol. The van der Waals surface area contributed by atoms with E-state index in [2.05, 4.69) is 43.5 Å². The molecule has 0 aliphatic heterocycles. The zero-order chi connectivity index (χ0) is 50.0. The van der Waals surface area contributed by atoms with Gasteiger partial charge in [-0.25, -0.2) is 0 Å². The Morgan fingerprint density at radius 1 is 0.348 bits per heavy atom. The molecule has 1 amide bonds. The smallest absolute Gasteiger partial charge is 0.249 e. The van der Waals surface area contributed by atoms with Gasteiger partial charge in [-0.3, -0.25) is 4.79 Å². The minimum absolute atomic E-state index is 0.379. The number of hydrogen-bond acceptors (Lipinski definition) is 4. The molecular formula is C64H123NO4. The fourth-order valence-electron chi connectivity index (χ4n) is 9.87. The molecule has 0 aromatic carbocycles. The van der Waals surface area contributed by atoms with Crippen LogP contribution in [0.1, 0.15) is 341 Å². The van der Waals surface area contributed by atoms with E-state index in [4.69, 9.17) is 0 Å². The predicted octanol–water partition coefficient (Wildman–Crippen LogP) is 19.8. The van der Waals surface area contributed by atoms with Crippen LogP contribution in [0.3, 0.4) is 0 Å². The SMILES string of the molecule is CCCCCCCCCCCCCCCC/C=C/CC/C=C/CC/C=C/C(O)C(CO)NC(=O)C(O)CCCCCCCCCCCCCCCCCCCCCCCCCCCCCCCCC. The summed E-state index contributed by atoms with van der Waals surface area (Å²) in [6, 6.07) is -0.821. The summed E-state index contributed by atoms with van der Waals surface area (Å²) in [4.78, 5) is 12.6. The van der Waals surface area contributed by atoms with Crippen molar-refractivity contribution < 1.29 is 20.1 Å². The Bertz CT molecular complexity index is 1070. The molecule has 0 aromatic rings. The van der Waals surface area contributed by atoms with Gasteiger partial charge in [-0.05, 0) is 44.9 Å². The molecule has 0 saturated carbocycles. The molecule has 0 rings (SSSR count). The summed E-state index contributed by atoms with van der Waals surface area (Å²) in [5.74, 6) is -0.511. The van der Waals surface area contributed by atoms with Gasteiger partial charge in [0.25, 0.3) is 0 Å². The normalized spacial score (nSPS) is 13.4. The van der Waals surface area contributed by atoms with Crippen LogP contribution >= 0.6 is 0 Å². The Hall–Kier alpha value is -1.43. The lowest BCUT2D eigenvalue weighted by Gasteiger charge is -2.21. The zero-order valence-corrected chi connectivity index (χ0v) is 46.7. The first-order valence-corrected chi connectivity index (χ1v) is 31.3. The predicted molar refractivity (Wildman–Crippen MR) is 305 cm³/mol. The Kier molecular flexibility index (Phi) is 57.9. The molecule has 0 aliphatic carbocycles. The van der Waals surface area contributed by atoms with E-state index < -0.39 is 24.2 Å². The molecule has 0 saturated heterocycles. The lowest BCUT2D eigenvalue weighted by Crippen LogP contribution is -2.48. The maximum absolute atomic E-state index is 12.6. The number of rotatable bonds is 58. The van der Waals surface area contributed by atoms with Gasteiger partial charge in [0, 0.05) is 0 Å². The summed E-state index contributed by atoms with van der Waals surface area (Å²) < 4.78 is 0.